The molecule has 2 aliphatic heterocycles. The molecule has 3 heteroatoms. The molecule has 2 heterocycles. The van der Waals surface area contributed by atoms with Crippen LogP contribution in [0, 0.1) is 5.92 Å². The first-order valence-corrected chi connectivity index (χ1v) is 7.35. The topological polar surface area (TPSA) is 18.5 Å². The molecular formula is C14H29N3. The molecule has 17 heavy (non-hydrogen) atoms. The molecule has 0 bridgehead atoms. The lowest BCUT2D eigenvalue weighted by Crippen LogP contribution is -2.45. The predicted molar refractivity (Wildman–Crippen MR) is 73.4 cm³/mol. The van der Waals surface area contributed by atoms with Gasteiger partial charge in [-0.1, -0.05) is 0 Å². The van der Waals surface area contributed by atoms with Crippen LogP contribution in [-0.4, -0.2) is 62.7 Å². The minimum Gasteiger partial charge on any atom is -0.315 e. The van der Waals surface area contributed by atoms with E-state index in [9.17, 15) is 0 Å². The van der Waals surface area contributed by atoms with E-state index in [0.717, 1.165) is 12.0 Å². The first kappa shape index (κ1) is 13.3. The minimum atomic E-state index is 0.787. The van der Waals surface area contributed by atoms with Crippen LogP contribution in [0.3, 0.4) is 0 Å². The van der Waals surface area contributed by atoms with Crippen LogP contribution in [-0.2, 0) is 0 Å². The number of likely N-dealkylation sites (tertiary alicyclic amines) is 1. The maximum atomic E-state index is 3.51. The van der Waals surface area contributed by atoms with Gasteiger partial charge in [-0.2, -0.15) is 0 Å². The van der Waals surface area contributed by atoms with Crippen molar-refractivity contribution in [1.29, 1.82) is 0 Å². The summed E-state index contributed by atoms with van der Waals surface area (Å²) in [5.74, 6) is 0.977. The summed E-state index contributed by atoms with van der Waals surface area (Å²) in [6.07, 6.45) is 6.96. The molecule has 0 radical (unpaired) electrons. The Kier molecular flexibility index (Phi) is 5.26. The van der Waals surface area contributed by atoms with E-state index < -0.39 is 0 Å². The standard InChI is InChI=1S/C14H29N3/c1-16-9-5-13(6-10-16)7-11-17(2)14-4-3-8-15-12-14/h13-15H,3-12H2,1-2H3. The first-order chi connectivity index (χ1) is 8.25. The van der Waals surface area contributed by atoms with E-state index in [0.29, 0.717) is 0 Å². The number of rotatable bonds is 4. The van der Waals surface area contributed by atoms with Crippen LogP contribution in [0.1, 0.15) is 32.1 Å². The van der Waals surface area contributed by atoms with E-state index in [1.165, 1.54) is 64.8 Å². The summed E-state index contributed by atoms with van der Waals surface area (Å²) < 4.78 is 0. The third-order valence-corrected chi connectivity index (χ3v) is 4.62. The van der Waals surface area contributed by atoms with Gasteiger partial charge in [-0.15, -0.1) is 0 Å². The van der Waals surface area contributed by atoms with Crippen LogP contribution in [0.15, 0.2) is 0 Å². The number of nitrogens with one attached hydrogen (secondary N) is 1. The van der Waals surface area contributed by atoms with Gasteiger partial charge < -0.3 is 15.1 Å². The monoisotopic (exact) mass is 239 g/mol. The van der Waals surface area contributed by atoms with Gasteiger partial charge in [0.1, 0.15) is 0 Å². The molecular weight excluding hydrogens is 210 g/mol. The normalized spacial score (nSPS) is 28.8. The third kappa shape index (κ3) is 4.23. The van der Waals surface area contributed by atoms with Gasteiger partial charge in [0.15, 0.2) is 0 Å². The highest BCUT2D eigenvalue weighted by Gasteiger charge is 2.20. The molecule has 0 aromatic rings. The van der Waals surface area contributed by atoms with E-state index in [1.807, 2.05) is 0 Å². The van der Waals surface area contributed by atoms with Crippen LogP contribution >= 0.6 is 0 Å². The van der Waals surface area contributed by atoms with E-state index in [2.05, 4.69) is 29.2 Å². The van der Waals surface area contributed by atoms with Gasteiger partial charge in [-0.25, -0.2) is 0 Å². The zero-order valence-electron chi connectivity index (χ0n) is 11.6. The lowest BCUT2D eigenvalue weighted by molar-refractivity contribution is 0.163. The molecule has 0 aromatic heterocycles. The third-order valence-electron chi connectivity index (χ3n) is 4.62. The molecule has 0 aliphatic carbocycles. The molecule has 2 fully saturated rings. The summed E-state index contributed by atoms with van der Waals surface area (Å²) in [5.41, 5.74) is 0. The van der Waals surface area contributed by atoms with Crippen LogP contribution in [0.25, 0.3) is 0 Å². The zero-order chi connectivity index (χ0) is 12.1. The molecule has 2 aliphatic rings. The van der Waals surface area contributed by atoms with Gasteiger partial charge in [-0.3, -0.25) is 0 Å². The summed E-state index contributed by atoms with van der Waals surface area (Å²) in [4.78, 5) is 5.05. The van der Waals surface area contributed by atoms with Crippen LogP contribution in [0.4, 0.5) is 0 Å². The minimum absolute atomic E-state index is 0.787. The second kappa shape index (κ2) is 6.72. The summed E-state index contributed by atoms with van der Waals surface area (Å²) in [5, 5.41) is 3.51. The van der Waals surface area contributed by atoms with Crippen molar-refractivity contribution in [2.24, 2.45) is 5.92 Å². The highest BCUT2D eigenvalue weighted by Crippen LogP contribution is 2.20. The lowest BCUT2D eigenvalue weighted by Gasteiger charge is -2.34. The highest BCUT2D eigenvalue weighted by atomic mass is 15.2. The lowest BCUT2D eigenvalue weighted by atomic mass is 9.93. The van der Waals surface area contributed by atoms with E-state index >= 15 is 0 Å². The smallest absolute Gasteiger partial charge is 0.0218 e. The molecule has 0 saturated carbocycles. The number of hydrogen-bond donors (Lipinski definition) is 1. The van der Waals surface area contributed by atoms with E-state index in [1.54, 1.807) is 0 Å². The molecule has 100 valence electrons. The molecule has 2 saturated heterocycles. The van der Waals surface area contributed by atoms with Gasteiger partial charge in [0.05, 0.1) is 0 Å². The van der Waals surface area contributed by atoms with Gasteiger partial charge in [0.25, 0.3) is 0 Å². The molecule has 1 atom stereocenters. The number of nitrogens with zero attached hydrogens (tertiary/aromatic N) is 2. The Morgan fingerprint density at radius 2 is 2.00 bits per heavy atom. The number of likely N-dealkylation sites (N-methyl/N-ethyl adjacent to an activating group) is 1. The van der Waals surface area contributed by atoms with Gasteiger partial charge >= 0.3 is 0 Å². The van der Waals surface area contributed by atoms with Crippen molar-refractivity contribution in [3.63, 3.8) is 0 Å². The number of piperidine rings is 2. The Morgan fingerprint density at radius 3 is 2.65 bits per heavy atom. The fourth-order valence-electron chi connectivity index (χ4n) is 3.13. The maximum absolute atomic E-state index is 3.51. The molecule has 3 nitrogen and oxygen atoms in total. The van der Waals surface area contributed by atoms with Crippen molar-refractivity contribution in [1.82, 2.24) is 15.1 Å². The summed E-state index contributed by atoms with van der Waals surface area (Å²) >= 11 is 0. The Hall–Kier alpha value is -0.120. The summed E-state index contributed by atoms with van der Waals surface area (Å²) in [7, 11) is 4.56. The molecule has 0 spiro atoms. The molecule has 2 rings (SSSR count). The fourth-order valence-corrected chi connectivity index (χ4v) is 3.13. The van der Waals surface area contributed by atoms with Crippen molar-refractivity contribution in [2.45, 2.75) is 38.1 Å². The Labute approximate surface area is 107 Å². The Bertz CT molecular complexity index is 206. The van der Waals surface area contributed by atoms with E-state index in [-0.39, 0.29) is 0 Å². The van der Waals surface area contributed by atoms with Gasteiger partial charge in [0, 0.05) is 12.6 Å². The predicted octanol–water partition coefficient (Wildman–Crippen LogP) is 1.40. The first-order valence-electron chi connectivity index (χ1n) is 7.35. The van der Waals surface area contributed by atoms with Crippen LogP contribution in [0.2, 0.25) is 0 Å². The molecule has 1 N–H and O–H groups in total. The average molecular weight is 239 g/mol. The number of hydrogen-bond acceptors (Lipinski definition) is 3. The summed E-state index contributed by atoms with van der Waals surface area (Å²) in [6.45, 7) is 6.32. The zero-order valence-corrected chi connectivity index (χ0v) is 11.6. The second-order valence-electron chi connectivity index (χ2n) is 6.02. The molecule has 0 aromatic carbocycles. The molecule has 1 unspecified atom stereocenters. The largest absolute Gasteiger partial charge is 0.315 e. The van der Waals surface area contributed by atoms with Gasteiger partial charge in [0.2, 0.25) is 0 Å². The second-order valence-corrected chi connectivity index (χ2v) is 6.02. The van der Waals surface area contributed by atoms with E-state index in [4.69, 9.17) is 0 Å². The highest BCUT2D eigenvalue weighted by molar-refractivity contribution is 4.78. The summed E-state index contributed by atoms with van der Waals surface area (Å²) in [6, 6.07) is 0.787. The Balaban J connectivity index is 1.63. The van der Waals surface area contributed by atoms with Crippen LogP contribution < -0.4 is 5.32 Å². The van der Waals surface area contributed by atoms with Crippen LogP contribution in [0.5, 0.6) is 0 Å². The Morgan fingerprint density at radius 1 is 1.24 bits per heavy atom. The molecule has 0 amide bonds. The quantitative estimate of drug-likeness (QED) is 0.800. The van der Waals surface area contributed by atoms with Crippen molar-refractivity contribution in [3.05, 3.63) is 0 Å². The average Bonchev–Trinajstić information content (AvgIpc) is 2.39. The van der Waals surface area contributed by atoms with Gasteiger partial charge in [-0.05, 0) is 78.3 Å². The maximum Gasteiger partial charge on any atom is 0.0218 e. The van der Waals surface area contributed by atoms with Crippen molar-refractivity contribution >= 4 is 0 Å². The van der Waals surface area contributed by atoms with Crippen molar-refractivity contribution < 1.29 is 0 Å². The fraction of sp³-hybridized carbons (Fsp3) is 1.00. The van der Waals surface area contributed by atoms with Crippen molar-refractivity contribution in [3.8, 4) is 0 Å². The van der Waals surface area contributed by atoms with Crippen molar-refractivity contribution in [2.75, 3.05) is 46.8 Å². The SMILES string of the molecule is CN1CCC(CCN(C)C2CCCNC2)CC1.